The highest BCUT2D eigenvalue weighted by atomic mass is 32.2. The molecule has 7 nitrogen and oxygen atoms in total. The monoisotopic (exact) mass is 403 g/mol. The third-order valence-corrected chi connectivity index (χ3v) is 6.28. The Bertz CT molecular complexity index is 810. The van der Waals surface area contributed by atoms with Gasteiger partial charge < -0.3 is 9.47 Å². The maximum Gasteiger partial charge on any atom is 0.345 e. The minimum atomic E-state index is -0.930. The fourth-order valence-corrected chi connectivity index (χ4v) is 5.25. The molecule has 0 aromatic heterocycles. The van der Waals surface area contributed by atoms with Gasteiger partial charge >= 0.3 is 11.9 Å². The number of carbonyl (C=O) groups excluding carboxylic acids is 2. The van der Waals surface area contributed by atoms with Crippen molar-refractivity contribution in [2.45, 2.75) is 19.5 Å². The van der Waals surface area contributed by atoms with Crippen LogP contribution < -0.4 is 0 Å². The number of likely N-dealkylation sites (N-methyl/N-ethyl adjacent to an activating group) is 2. The molecule has 28 heavy (non-hydrogen) atoms. The second kappa shape index (κ2) is 8.46. The van der Waals surface area contributed by atoms with Crippen molar-refractivity contribution in [3.8, 4) is 0 Å². The summed E-state index contributed by atoms with van der Waals surface area (Å²) in [6.45, 7) is 6.98. The fourth-order valence-electron chi connectivity index (χ4n) is 3.90. The topological polar surface area (TPSA) is 71.4 Å². The first kappa shape index (κ1) is 20.6. The third kappa shape index (κ3) is 3.15. The summed E-state index contributed by atoms with van der Waals surface area (Å²) in [5.41, 5.74) is 0.127. The summed E-state index contributed by atoms with van der Waals surface area (Å²) in [6, 6.07) is 9.54. The Hall–Kier alpha value is -2.16. The molecular weight excluding hydrogens is 378 g/mol. The quantitative estimate of drug-likeness (QED) is 0.699. The van der Waals surface area contributed by atoms with Crippen LogP contribution in [-0.4, -0.2) is 72.8 Å². The molecule has 150 valence electrons. The minimum absolute atomic E-state index is 0.239. The van der Waals surface area contributed by atoms with Gasteiger partial charge in [-0.05, 0) is 25.2 Å². The van der Waals surface area contributed by atoms with Gasteiger partial charge in [0, 0.05) is 13.1 Å². The Morgan fingerprint density at radius 3 is 2.11 bits per heavy atom. The summed E-state index contributed by atoms with van der Waals surface area (Å²) in [7, 11) is 2.64. The normalized spacial score (nSPS) is 20.9. The average Bonchev–Trinajstić information content (AvgIpc) is 3.26. The number of esters is 2. The molecule has 0 bridgehead atoms. The first-order valence-corrected chi connectivity index (χ1v) is 10.1. The highest BCUT2D eigenvalue weighted by Gasteiger charge is 2.61. The molecule has 8 heteroatoms. The Labute approximate surface area is 169 Å². The molecule has 2 heterocycles. The zero-order chi connectivity index (χ0) is 20.3. The molecule has 1 aromatic rings. The van der Waals surface area contributed by atoms with Crippen LogP contribution in [0, 0.1) is 0 Å². The lowest BCUT2D eigenvalue weighted by Gasteiger charge is -2.41. The van der Waals surface area contributed by atoms with E-state index in [0.717, 1.165) is 18.8 Å². The van der Waals surface area contributed by atoms with Gasteiger partial charge in [0.2, 0.25) is 0 Å². The van der Waals surface area contributed by atoms with Crippen LogP contribution in [0.2, 0.25) is 0 Å². The molecule has 0 N–H and O–H groups in total. The summed E-state index contributed by atoms with van der Waals surface area (Å²) in [4.78, 5) is 34.9. The molecule has 2 aliphatic heterocycles. The van der Waals surface area contributed by atoms with Crippen LogP contribution in [0.3, 0.4) is 0 Å². The zero-order valence-corrected chi connectivity index (χ0v) is 17.4. The van der Waals surface area contributed by atoms with E-state index in [1.807, 2.05) is 44.2 Å². The molecule has 0 unspecified atom stereocenters. The van der Waals surface area contributed by atoms with E-state index in [9.17, 15) is 9.59 Å². The summed E-state index contributed by atoms with van der Waals surface area (Å²) in [5, 5.41) is 0.667. The number of hydrogen-bond donors (Lipinski definition) is 0. The number of ether oxygens (including phenoxy) is 2. The van der Waals surface area contributed by atoms with Gasteiger partial charge in [0.15, 0.2) is 5.66 Å². The predicted molar refractivity (Wildman–Crippen MR) is 109 cm³/mol. The highest BCUT2D eigenvalue weighted by Crippen LogP contribution is 2.50. The SMILES string of the molecule is CCN1CCN(CC)C12C(=Nc1ccccc1)SC(C(=O)OC)=C2C(=O)OC. The Morgan fingerprint density at radius 2 is 1.61 bits per heavy atom. The van der Waals surface area contributed by atoms with Crippen molar-refractivity contribution in [3.05, 3.63) is 40.8 Å². The average molecular weight is 404 g/mol. The van der Waals surface area contributed by atoms with E-state index in [0.29, 0.717) is 23.7 Å². The van der Waals surface area contributed by atoms with Crippen molar-refractivity contribution in [2.75, 3.05) is 40.4 Å². The number of thioether (sulfide) groups is 1. The molecule has 0 atom stereocenters. The van der Waals surface area contributed by atoms with Gasteiger partial charge in [-0.2, -0.15) is 0 Å². The molecule has 1 fully saturated rings. The molecule has 0 radical (unpaired) electrons. The van der Waals surface area contributed by atoms with Gasteiger partial charge in [-0.3, -0.25) is 9.80 Å². The van der Waals surface area contributed by atoms with Crippen LogP contribution in [0.15, 0.2) is 45.8 Å². The number of para-hydroxylation sites is 1. The van der Waals surface area contributed by atoms with Gasteiger partial charge in [0.25, 0.3) is 0 Å². The predicted octanol–water partition coefficient (Wildman–Crippen LogP) is 2.42. The number of hydrogen-bond acceptors (Lipinski definition) is 8. The van der Waals surface area contributed by atoms with Crippen molar-refractivity contribution in [3.63, 3.8) is 0 Å². The summed E-state index contributed by atoms with van der Waals surface area (Å²) >= 11 is 1.20. The number of rotatable bonds is 5. The Morgan fingerprint density at radius 1 is 1.04 bits per heavy atom. The van der Waals surface area contributed by atoms with Crippen molar-refractivity contribution in [1.29, 1.82) is 0 Å². The number of nitrogens with zero attached hydrogens (tertiary/aromatic N) is 3. The van der Waals surface area contributed by atoms with Gasteiger partial charge in [-0.15, -0.1) is 0 Å². The lowest BCUT2D eigenvalue weighted by molar-refractivity contribution is -0.140. The van der Waals surface area contributed by atoms with Crippen LogP contribution in [0.4, 0.5) is 5.69 Å². The second-order valence-corrected chi connectivity index (χ2v) is 7.37. The molecule has 3 rings (SSSR count). The largest absolute Gasteiger partial charge is 0.466 e. The molecule has 0 amide bonds. The van der Waals surface area contributed by atoms with Gasteiger partial charge in [-0.1, -0.05) is 43.8 Å². The number of methoxy groups -OCH3 is 2. The molecule has 1 spiro atoms. The van der Waals surface area contributed by atoms with Crippen molar-refractivity contribution in [2.24, 2.45) is 4.99 Å². The van der Waals surface area contributed by atoms with Crippen LogP contribution >= 0.6 is 11.8 Å². The maximum atomic E-state index is 12.9. The van der Waals surface area contributed by atoms with Gasteiger partial charge in [-0.25, -0.2) is 14.6 Å². The van der Waals surface area contributed by atoms with E-state index in [1.165, 1.54) is 26.0 Å². The molecule has 2 aliphatic rings. The Balaban J connectivity index is 2.29. The van der Waals surface area contributed by atoms with Crippen molar-refractivity contribution in [1.82, 2.24) is 9.80 Å². The third-order valence-electron chi connectivity index (χ3n) is 5.14. The maximum absolute atomic E-state index is 12.9. The number of carbonyl (C=O) groups is 2. The second-order valence-electron chi connectivity index (χ2n) is 6.37. The first-order chi connectivity index (χ1) is 13.5. The van der Waals surface area contributed by atoms with E-state index in [1.54, 1.807) is 0 Å². The van der Waals surface area contributed by atoms with E-state index in [4.69, 9.17) is 14.5 Å². The van der Waals surface area contributed by atoms with E-state index in [2.05, 4.69) is 9.80 Å². The van der Waals surface area contributed by atoms with E-state index in [-0.39, 0.29) is 4.91 Å². The molecule has 0 aliphatic carbocycles. The first-order valence-electron chi connectivity index (χ1n) is 9.28. The summed E-state index contributed by atoms with van der Waals surface area (Å²) in [6.07, 6.45) is 0. The number of aliphatic imine (C=N–C) groups is 1. The van der Waals surface area contributed by atoms with Crippen LogP contribution in [0.25, 0.3) is 0 Å². The smallest absolute Gasteiger partial charge is 0.345 e. The van der Waals surface area contributed by atoms with Crippen LogP contribution in [0.1, 0.15) is 13.8 Å². The lowest BCUT2D eigenvalue weighted by Crippen LogP contribution is -2.59. The van der Waals surface area contributed by atoms with E-state index >= 15 is 0 Å². The highest BCUT2D eigenvalue weighted by molar-refractivity contribution is 8.18. The summed E-state index contributed by atoms with van der Waals surface area (Å²) in [5.74, 6) is -1.09. The van der Waals surface area contributed by atoms with Crippen LogP contribution in [0.5, 0.6) is 0 Å². The molecule has 0 saturated carbocycles. The van der Waals surface area contributed by atoms with Gasteiger partial charge in [0.05, 0.1) is 19.9 Å². The molecule has 1 saturated heterocycles. The van der Waals surface area contributed by atoms with Crippen molar-refractivity contribution >= 4 is 34.4 Å². The zero-order valence-electron chi connectivity index (χ0n) is 16.6. The molecule has 1 aromatic carbocycles. The summed E-state index contributed by atoms with van der Waals surface area (Å²) < 4.78 is 10.1. The van der Waals surface area contributed by atoms with Gasteiger partial charge in [0.1, 0.15) is 15.5 Å². The fraction of sp³-hybridized carbons (Fsp3) is 0.450. The lowest BCUT2D eigenvalue weighted by atomic mass is 9.96. The minimum Gasteiger partial charge on any atom is -0.466 e. The Kier molecular flexibility index (Phi) is 6.22. The number of benzene rings is 1. The molecular formula is C20H25N3O4S. The van der Waals surface area contributed by atoms with Crippen LogP contribution in [-0.2, 0) is 19.1 Å². The standard InChI is InChI=1S/C20H25N3O4S/c1-5-22-12-13-23(6-2)20(22)15(17(24)26-3)16(18(25)27-4)28-19(20)21-14-10-8-7-9-11-14/h7-11H,5-6,12-13H2,1-4H3. The van der Waals surface area contributed by atoms with Crippen molar-refractivity contribution < 1.29 is 19.1 Å². The van der Waals surface area contributed by atoms with E-state index < -0.39 is 17.6 Å².